The molecule has 1 aliphatic heterocycles. The van der Waals surface area contributed by atoms with Crippen molar-refractivity contribution in [2.75, 3.05) is 13.7 Å². The molecule has 1 aliphatic rings. The van der Waals surface area contributed by atoms with Crippen LogP contribution in [0.15, 0.2) is 24.3 Å². The van der Waals surface area contributed by atoms with Crippen LogP contribution in [0.4, 0.5) is 4.79 Å². The van der Waals surface area contributed by atoms with Crippen molar-refractivity contribution in [2.45, 2.75) is 38.6 Å². The van der Waals surface area contributed by atoms with Crippen molar-refractivity contribution in [1.29, 1.82) is 0 Å². The topological polar surface area (TPSA) is 58.6 Å². The number of carbonyl (C=O) groups is 2. The van der Waals surface area contributed by atoms with Crippen molar-refractivity contribution in [3.05, 3.63) is 29.8 Å². The number of benzene rings is 1. The van der Waals surface area contributed by atoms with Crippen LogP contribution in [-0.2, 0) is 10.3 Å². The smallest absolute Gasteiger partial charge is 0.325 e. The number of ether oxygens (including phenoxy) is 1. The third kappa shape index (κ3) is 2.60. The fourth-order valence-electron chi connectivity index (χ4n) is 2.66. The van der Waals surface area contributed by atoms with Crippen LogP contribution >= 0.6 is 0 Å². The van der Waals surface area contributed by atoms with Gasteiger partial charge >= 0.3 is 6.03 Å². The number of amides is 3. The van der Waals surface area contributed by atoms with Crippen LogP contribution in [0.25, 0.3) is 0 Å². The number of carbonyl (C=O) groups excluding carboxylic acids is 2. The Morgan fingerprint density at radius 3 is 2.38 bits per heavy atom. The standard InChI is InChI=1S/C16H22N2O3/c1-4-6-11-18-14(19)16(5-2,17-15(18)20)12-7-9-13(21-3)10-8-12/h7-10H,4-6,11H2,1-3H3,(H,17,20). The van der Waals surface area contributed by atoms with Crippen LogP contribution in [0.3, 0.4) is 0 Å². The van der Waals surface area contributed by atoms with Gasteiger partial charge in [0.05, 0.1) is 7.11 Å². The molecule has 1 aromatic rings. The van der Waals surface area contributed by atoms with Gasteiger partial charge in [0, 0.05) is 6.54 Å². The first kappa shape index (κ1) is 15.4. The highest BCUT2D eigenvalue weighted by molar-refractivity contribution is 6.07. The summed E-state index contributed by atoms with van der Waals surface area (Å²) in [6, 6.07) is 6.99. The molecule has 0 aliphatic carbocycles. The van der Waals surface area contributed by atoms with Gasteiger partial charge in [-0.05, 0) is 30.5 Å². The van der Waals surface area contributed by atoms with Crippen molar-refractivity contribution in [3.8, 4) is 5.75 Å². The normalized spacial score (nSPS) is 21.6. The lowest BCUT2D eigenvalue weighted by atomic mass is 9.87. The Morgan fingerprint density at radius 1 is 1.19 bits per heavy atom. The van der Waals surface area contributed by atoms with Gasteiger partial charge in [-0.3, -0.25) is 9.69 Å². The van der Waals surface area contributed by atoms with Gasteiger partial charge in [0.2, 0.25) is 0 Å². The van der Waals surface area contributed by atoms with E-state index in [4.69, 9.17) is 4.74 Å². The summed E-state index contributed by atoms with van der Waals surface area (Å²) >= 11 is 0. The molecule has 0 saturated carbocycles. The number of hydrogen-bond donors (Lipinski definition) is 1. The van der Waals surface area contributed by atoms with Crippen LogP contribution < -0.4 is 10.1 Å². The fourth-order valence-corrected chi connectivity index (χ4v) is 2.66. The number of urea groups is 1. The zero-order chi connectivity index (χ0) is 15.5. The summed E-state index contributed by atoms with van der Waals surface area (Å²) < 4.78 is 5.14. The molecule has 21 heavy (non-hydrogen) atoms. The second kappa shape index (κ2) is 6.16. The lowest BCUT2D eigenvalue weighted by Gasteiger charge is -2.26. The number of nitrogens with one attached hydrogen (secondary N) is 1. The molecular formula is C16H22N2O3. The van der Waals surface area contributed by atoms with Gasteiger partial charge in [0.25, 0.3) is 5.91 Å². The van der Waals surface area contributed by atoms with E-state index in [-0.39, 0.29) is 11.9 Å². The SMILES string of the molecule is CCCCN1C(=O)NC(CC)(c2ccc(OC)cc2)C1=O. The van der Waals surface area contributed by atoms with Gasteiger partial charge in [-0.25, -0.2) is 4.79 Å². The molecule has 1 aromatic carbocycles. The summed E-state index contributed by atoms with van der Waals surface area (Å²) in [5, 5.41) is 2.88. The highest BCUT2D eigenvalue weighted by Crippen LogP contribution is 2.33. The third-order valence-corrected chi connectivity index (χ3v) is 4.02. The molecule has 3 amide bonds. The van der Waals surface area contributed by atoms with E-state index in [1.165, 1.54) is 4.90 Å². The zero-order valence-corrected chi connectivity index (χ0v) is 12.8. The van der Waals surface area contributed by atoms with E-state index in [1.807, 2.05) is 26.0 Å². The molecule has 5 heteroatoms. The van der Waals surface area contributed by atoms with E-state index < -0.39 is 5.54 Å². The van der Waals surface area contributed by atoms with E-state index in [0.29, 0.717) is 13.0 Å². The predicted molar refractivity (Wildman–Crippen MR) is 80.1 cm³/mol. The van der Waals surface area contributed by atoms with Crippen LogP contribution in [-0.4, -0.2) is 30.5 Å². The summed E-state index contributed by atoms with van der Waals surface area (Å²) in [4.78, 5) is 26.2. The molecule has 114 valence electrons. The number of hydrogen-bond acceptors (Lipinski definition) is 3. The lowest BCUT2D eigenvalue weighted by molar-refractivity contribution is -0.131. The van der Waals surface area contributed by atoms with Crippen molar-refractivity contribution >= 4 is 11.9 Å². The van der Waals surface area contributed by atoms with Crippen molar-refractivity contribution < 1.29 is 14.3 Å². The summed E-state index contributed by atoms with van der Waals surface area (Å²) in [7, 11) is 1.60. The fraction of sp³-hybridized carbons (Fsp3) is 0.500. The maximum absolute atomic E-state index is 12.7. The van der Waals surface area contributed by atoms with E-state index in [0.717, 1.165) is 24.2 Å². The number of nitrogens with zero attached hydrogens (tertiary/aromatic N) is 1. The highest BCUT2D eigenvalue weighted by atomic mass is 16.5. The van der Waals surface area contributed by atoms with E-state index >= 15 is 0 Å². The summed E-state index contributed by atoms with van der Waals surface area (Å²) in [5.41, 5.74) is -0.153. The Kier molecular flexibility index (Phi) is 4.50. The first-order chi connectivity index (χ1) is 10.1. The Bertz CT molecular complexity index is 527. The van der Waals surface area contributed by atoms with Gasteiger partial charge in [-0.1, -0.05) is 32.4 Å². The Labute approximate surface area is 125 Å². The molecule has 2 rings (SSSR count). The third-order valence-electron chi connectivity index (χ3n) is 4.02. The van der Waals surface area contributed by atoms with Crippen molar-refractivity contribution in [3.63, 3.8) is 0 Å². The Hall–Kier alpha value is -2.04. The van der Waals surface area contributed by atoms with Gasteiger partial charge in [-0.2, -0.15) is 0 Å². The molecule has 1 heterocycles. The number of unbranched alkanes of at least 4 members (excludes halogenated alkanes) is 1. The molecule has 0 radical (unpaired) electrons. The lowest BCUT2D eigenvalue weighted by Crippen LogP contribution is -2.43. The molecule has 1 saturated heterocycles. The minimum absolute atomic E-state index is 0.159. The molecule has 1 unspecified atom stereocenters. The molecule has 1 atom stereocenters. The van der Waals surface area contributed by atoms with E-state index in [9.17, 15) is 9.59 Å². The van der Waals surface area contributed by atoms with Crippen LogP contribution in [0, 0.1) is 0 Å². The van der Waals surface area contributed by atoms with Gasteiger partial charge in [-0.15, -0.1) is 0 Å². The van der Waals surface area contributed by atoms with Gasteiger partial charge in [0.15, 0.2) is 0 Å². The molecule has 0 bridgehead atoms. The summed E-state index contributed by atoms with van der Waals surface area (Å²) in [6.07, 6.45) is 2.28. The van der Waals surface area contributed by atoms with Gasteiger partial charge in [0.1, 0.15) is 11.3 Å². The molecule has 0 spiro atoms. The largest absolute Gasteiger partial charge is 0.497 e. The Balaban J connectivity index is 2.32. The highest BCUT2D eigenvalue weighted by Gasteiger charge is 2.50. The predicted octanol–water partition coefficient (Wildman–Crippen LogP) is 2.65. The number of rotatable bonds is 6. The summed E-state index contributed by atoms with van der Waals surface area (Å²) in [6.45, 7) is 4.42. The summed E-state index contributed by atoms with van der Waals surface area (Å²) in [5.74, 6) is 0.568. The molecular weight excluding hydrogens is 268 g/mol. The zero-order valence-electron chi connectivity index (χ0n) is 12.8. The second-order valence-electron chi connectivity index (χ2n) is 5.23. The number of imide groups is 1. The monoisotopic (exact) mass is 290 g/mol. The van der Waals surface area contributed by atoms with Gasteiger partial charge < -0.3 is 10.1 Å². The van der Waals surface area contributed by atoms with Crippen molar-refractivity contribution in [1.82, 2.24) is 10.2 Å². The molecule has 1 N–H and O–H groups in total. The molecule has 0 aromatic heterocycles. The second-order valence-corrected chi connectivity index (χ2v) is 5.23. The average Bonchev–Trinajstić information content (AvgIpc) is 2.77. The van der Waals surface area contributed by atoms with E-state index in [1.54, 1.807) is 19.2 Å². The average molecular weight is 290 g/mol. The minimum Gasteiger partial charge on any atom is -0.497 e. The molecule has 1 fully saturated rings. The van der Waals surface area contributed by atoms with Crippen LogP contribution in [0.1, 0.15) is 38.7 Å². The minimum atomic E-state index is -0.947. The maximum atomic E-state index is 12.7. The van der Waals surface area contributed by atoms with E-state index in [2.05, 4.69) is 5.32 Å². The molecule has 5 nitrogen and oxygen atoms in total. The maximum Gasteiger partial charge on any atom is 0.325 e. The first-order valence-electron chi connectivity index (χ1n) is 7.37. The number of methoxy groups -OCH3 is 1. The Morgan fingerprint density at radius 2 is 1.86 bits per heavy atom. The van der Waals surface area contributed by atoms with Crippen molar-refractivity contribution in [2.24, 2.45) is 0 Å². The van der Waals surface area contributed by atoms with Crippen LogP contribution in [0.5, 0.6) is 5.75 Å². The first-order valence-corrected chi connectivity index (χ1v) is 7.37. The van der Waals surface area contributed by atoms with Crippen LogP contribution in [0.2, 0.25) is 0 Å². The quantitative estimate of drug-likeness (QED) is 0.819.